The molecule has 0 heterocycles. The van der Waals surface area contributed by atoms with Crippen molar-refractivity contribution in [3.8, 4) is 5.75 Å². The third-order valence-corrected chi connectivity index (χ3v) is 2.72. The van der Waals surface area contributed by atoms with Crippen LogP contribution in [0.4, 0.5) is 0 Å². The van der Waals surface area contributed by atoms with Gasteiger partial charge in [0.2, 0.25) is 0 Å². The lowest BCUT2D eigenvalue weighted by atomic mass is 10.1. The van der Waals surface area contributed by atoms with Crippen LogP contribution < -0.4 is 4.74 Å². The first-order chi connectivity index (χ1) is 8.30. The van der Waals surface area contributed by atoms with Crippen LogP contribution >= 0.6 is 0 Å². The number of ether oxygens (including phenoxy) is 1. The molecule has 0 fully saturated rings. The summed E-state index contributed by atoms with van der Waals surface area (Å²) in [5.74, 6) is 0.868. The van der Waals surface area contributed by atoms with E-state index in [1.807, 2.05) is 12.1 Å². The summed E-state index contributed by atoms with van der Waals surface area (Å²) in [5, 5.41) is 9.10. The van der Waals surface area contributed by atoms with E-state index >= 15 is 0 Å². The molecule has 1 N–H and O–H groups in total. The molecule has 0 aromatic heterocycles. The molecule has 0 unspecified atom stereocenters. The Kier molecular flexibility index (Phi) is 6.71. The van der Waals surface area contributed by atoms with Gasteiger partial charge < -0.3 is 9.84 Å². The minimum atomic E-state index is 0.749. The molecule has 0 atom stereocenters. The van der Waals surface area contributed by atoms with Gasteiger partial charge in [0, 0.05) is 0 Å². The van der Waals surface area contributed by atoms with Crippen LogP contribution in [-0.4, -0.2) is 11.7 Å². The minimum absolute atomic E-state index is 0.749. The fourth-order valence-electron chi connectivity index (χ4n) is 1.70. The molecule has 0 bridgehead atoms. The monoisotopic (exact) mass is 235 g/mol. The Hall–Kier alpha value is -1.02. The Morgan fingerprint density at radius 2 is 1.88 bits per heavy atom. The molecule has 0 spiro atoms. The first-order valence-corrected chi connectivity index (χ1v) is 6.54. The van der Waals surface area contributed by atoms with Gasteiger partial charge in [0.05, 0.1) is 6.61 Å². The second kappa shape index (κ2) is 8.13. The van der Waals surface area contributed by atoms with Gasteiger partial charge in [-0.3, -0.25) is 0 Å². The largest absolute Gasteiger partial charge is 0.494 e. The SMILES string of the molecule is CCCCOc1cc([CH]O)cc(CCCC)c1. The normalized spacial score (nSPS) is 10.5. The predicted octanol–water partition coefficient (Wildman–Crippen LogP) is 4.09. The zero-order valence-electron chi connectivity index (χ0n) is 10.9. The van der Waals surface area contributed by atoms with Crippen molar-refractivity contribution >= 4 is 0 Å². The van der Waals surface area contributed by atoms with Crippen molar-refractivity contribution in [2.45, 2.75) is 46.0 Å². The maximum Gasteiger partial charge on any atom is 0.119 e. The molecular weight excluding hydrogens is 212 g/mol. The van der Waals surface area contributed by atoms with Crippen LogP contribution in [-0.2, 0) is 6.42 Å². The van der Waals surface area contributed by atoms with Crippen LogP contribution in [0.5, 0.6) is 5.75 Å². The maximum absolute atomic E-state index is 9.10. The number of benzene rings is 1. The summed E-state index contributed by atoms with van der Waals surface area (Å²) >= 11 is 0. The quantitative estimate of drug-likeness (QED) is 0.688. The van der Waals surface area contributed by atoms with Crippen LogP contribution in [0.1, 0.15) is 50.7 Å². The number of unbranched alkanes of at least 4 members (excludes halogenated alkanes) is 2. The molecule has 0 amide bonds. The van der Waals surface area contributed by atoms with Gasteiger partial charge in [0.15, 0.2) is 0 Å². The molecule has 1 aromatic carbocycles. The average Bonchev–Trinajstić information content (AvgIpc) is 2.36. The predicted molar refractivity (Wildman–Crippen MR) is 70.8 cm³/mol. The van der Waals surface area contributed by atoms with Crippen LogP contribution in [0.2, 0.25) is 0 Å². The van der Waals surface area contributed by atoms with E-state index in [-0.39, 0.29) is 0 Å². The van der Waals surface area contributed by atoms with E-state index in [1.54, 1.807) is 0 Å². The fourth-order valence-corrected chi connectivity index (χ4v) is 1.70. The highest BCUT2D eigenvalue weighted by Gasteiger charge is 2.02. The lowest BCUT2D eigenvalue weighted by molar-refractivity contribution is 0.308. The van der Waals surface area contributed by atoms with Crippen molar-refractivity contribution in [1.29, 1.82) is 0 Å². The number of aryl methyl sites for hydroxylation is 1. The molecule has 1 rings (SSSR count). The van der Waals surface area contributed by atoms with E-state index in [0.717, 1.165) is 43.8 Å². The van der Waals surface area contributed by atoms with Crippen molar-refractivity contribution in [2.75, 3.05) is 6.61 Å². The van der Waals surface area contributed by atoms with Crippen molar-refractivity contribution in [1.82, 2.24) is 0 Å². The number of aliphatic hydroxyl groups excluding tert-OH is 1. The molecule has 1 aromatic rings. The zero-order chi connectivity index (χ0) is 12.5. The van der Waals surface area contributed by atoms with Gasteiger partial charge in [-0.2, -0.15) is 0 Å². The van der Waals surface area contributed by atoms with Crippen molar-refractivity contribution in [3.63, 3.8) is 0 Å². The van der Waals surface area contributed by atoms with Crippen LogP contribution in [0.3, 0.4) is 0 Å². The van der Waals surface area contributed by atoms with Gasteiger partial charge in [-0.1, -0.05) is 32.8 Å². The number of rotatable bonds is 8. The van der Waals surface area contributed by atoms with E-state index in [1.165, 1.54) is 18.4 Å². The topological polar surface area (TPSA) is 29.5 Å². The molecule has 0 aliphatic heterocycles. The third kappa shape index (κ3) is 5.22. The van der Waals surface area contributed by atoms with Crippen molar-refractivity contribution in [2.24, 2.45) is 0 Å². The summed E-state index contributed by atoms with van der Waals surface area (Å²) in [6, 6.07) is 5.98. The molecule has 2 heteroatoms. The Labute approximate surface area is 105 Å². The first kappa shape index (κ1) is 14.0. The summed E-state index contributed by atoms with van der Waals surface area (Å²) in [4.78, 5) is 0. The second-order valence-electron chi connectivity index (χ2n) is 4.34. The third-order valence-electron chi connectivity index (χ3n) is 2.72. The van der Waals surface area contributed by atoms with Gasteiger partial charge in [-0.25, -0.2) is 0 Å². The summed E-state index contributed by atoms with van der Waals surface area (Å²) in [7, 11) is 0. The number of hydrogen-bond acceptors (Lipinski definition) is 2. The van der Waals surface area contributed by atoms with Gasteiger partial charge in [-0.15, -0.1) is 0 Å². The maximum atomic E-state index is 9.10. The Morgan fingerprint density at radius 1 is 1.12 bits per heavy atom. The van der Waals surface area contributed by atoms with Crippen LogP contribution in [0.25, 0.3) is 0 Å². The molecule has 0 saturated carbocycles. The Balaban J connectivity index is 2.67. The molecule has 1 radical (unpaired) electrons. The standard InChI is InChI=1S/C15H23O2/c1-3-5-7-13-9-14(12-16)11-15(10-13)17-8-6-4-2/h9-12,16H,3-8H2,1-2H3. The molecular formula is C15H23O2. The van der Waals surface area contributed by atoms with Gasteiger partial charge in [0.25, 0.3) is 0 Å². The van der Waals surface area contributed by atoms with Crippen molar-refractivity contribution in [3.05, 3.63) is 35.9 Å². The average molecular weight is 235 g/mol. The van der Waals surface area contributed by atoms with E-state index < -0.39 is 0 Å². The van der Waals surface area contributed by atoms with Crippen LogP contribution in [0, 0.1) is 6.61 Å². The zero-order valence-corrected chi connectivity index (χ0v) is 10.9. The fraction of sp³-hybridized carbons (Fsp3) is 0.533. The lowest BCUT2D eigenvalue weighted by Gasteiger charge is -2.09. The van der Waals surface area contributed by atoms with Crippen LogP contribution in [0.15, 0.2) is 18.2 Å². The second-order valence-corrected chi connectivity index (χ2v) is 4.34. The van der Waals surface area contributed by atoms with Gasteiger partial charge in [0.1, 0.15) is 12.4 Å². The molecule has 0 aliphatic carbocycles. The number of aliphatic hydroxyl groups is 1. The minimum Gasteiger partial charge on any atom is -0.494 e. The number of hydrogen-bond donors (Lipinski definition) is 1. The highest BCUT2D eigenvalue weighted by molar-refractivity contribution is 5.36. The first-order valence-electron chi connectivity index (χ1n) is 6.54. The summed E-state index contributed by atoms with van der Waals surface area (Å²) in [6.45, 7) is 6.22. The smallest absolute Gasteiger partial charge is 0.119 e. The van der Waals surface area contributed by atoms with Gasteiger partial charge >= 0.3 is 0 Å². The Morgan fingerprint density at radius 3 is 2.53 bits per heavy atom. The lowest BCUT2D eigenvalue weighted by Crippen LogP contribution is -1.98. The summed E-state index contributed by atoms with van der Waals surface area (Å²) in [6.07, 6.45) is 5.59. The molecule has 2 nitrogen and oxygen atoms in total. The highest BCUT2D eigenvalue weighted by Crippen LogP contribution is 2.20. The van der Waals surface area contributed by atoms with Crippen molar-refractivity contribution < 1.29 is 9.84 Å². The molecule has 0 aliphatic rings. The molecule has 95 valence electrons. The van der Waals surface area contributed by atoms with E-state index in [0.29, 0.717) is 0 Å². The highest BCUT2D eigenvalue weighted by atomic mass is 16.5. The summed E-state index contributed by atoms with van der Waals surface area (Å²) in [5.41, 5.74) is 2.06. The summed E-state index contributed by atoms with van der Waals surface area (Å²) < 4.78 is 5.68. The Bertz CT molecular complexity index is 321. The molecule has 0 saturated heterocycles. The molecule has 17 heavy (non-hydrogen) atoms. The van der Waals surface area contributed by atoms with E-state index in [4.69, 9.17) is 9.84 Å². The van der Waals surface area contributed by atoms with E-state index in [9.17, 15) is 0 Å². The van der Waals surface area contributed by atoms with Gasteiger partial charge in [-0.05, 0) is 42.5 Å². The van der Waals surface area contributed by atoms with E-state index in [2.05, 4.69) is 19.9 Å².